The molecule has 35 heavy (non-hydrogen) atoms. The van der Waals surface area contributed by atoms with E-state index in [9.17, 15) is 14.7 Å². The lowest BCUT2D eigenvalue weighted by molar-refractivity contribution is -0.153. The van der Waals surface area contributed by atoms with Gasteiger partial charge >= 0.3 is 5.97 Å². The van der Waals surface area contributed by atoms with E-state index < -0.39 is 18.1 Å². The monoisotopic (exact) mass is 496 g/mol. The van der Waals surface area contributed by atoms with Gasteiger partial charge in [-0.25, -0.2) is 9.78 Å². The van der Waals surface area contributed by atoms with E-state index in [4.69, 9.17) is 15.2 Å². The molecule has 0 aliphatic rings. The number of nitrogens with two attached hydrogens (primary N) is 1. The van der Waals surface area contributed by atoms with Gasteiger partial charge in [0, 0.05) is 22.4 Å². The number of aryl methyl sites for hydroxylation is 1. The van der Waals surface area contributed by atoms with Crippen LogP contribution in [0.15, 0.2) is 48.5 Å². The molecule has 0 radical (unpaired) electrons. The molecule has 186 valence electrons. The van der Waals surface area contributed by atoms with Crippen molar-refractivity contribution in [3.8, 4) is 16.3 Å². The maximum absolute atomic E-state index is 13.5. The maximum atomic E-state index is 13.5. The number of hydrogen-bond acceptors (Lipinski definition) is 7. The van der Waals surface area contributed by atoms with Crippen LogP contribution in [-0.2, 0) is 16.0 Å². The van der Waals surface area contributed by atoms with Crippen LogP contribution in [0.5, 0.6) is 5.75 Å². The van der Waals surface area contributed by atoms with Gasteiger partial charge in [-0.3, -0.25) is 4.79 Å². The zero-order valence-electron chi connectivity index (χ0n) is 20.6. The molecule has 1 aromatic heterocycles. The molecule has 0 fully saturated rings. The average molecular weight is 497 g/mol. The number of ether oxygens (including phenoxy) is 2. The normalized spacial score (nSPS) is 13.1. The van der Waals surface area contributed by atoms with Gasteiger partial charge in [-0.15, -0.1) is 11.3 Å². The zero-order chi connectivity index (χ0) is 25.7. The third-order valence-corrected chi connectivity index (χ3v) is 6.26. The molecule has 0 bridgehead atoms. The molecular weight excluding hydrogens is 464 g/mol. The van der Waals surface area contributed by atoms with E-state index in [1.807, 2.05) is 51.1 Å². The first kappa shape index (κ1) is 26.5. The number of carbonyl (C=O) groups excluding carboxylic acids is 1. The Kier molecular flexibility index (Phi) is 8.77. The van der Waals surface area contributed by atoms with Crippen molar-refractivity contribution >= 4 is 23.1 Å². The quantitative estimate of drug-likeness (QED) is 0.351. The second-order valence-electron chi connectivity index (χ2n) is 8.89. The summed E-state index contributed by atoms with van der Waals surface area (Å²) in [4.78, 5) is 30.5. The second-order valence-corrected chi connectivity index (χ2v) is 10.1. The maximum Gasteiger partial charge on any atom is 0.333 e. The van der Waals surface area contributed by atoms with Crippen LogP contribution < -0.4 is 10.5 Å². The van der Waals surface area contributed by atoms with Crippen molar-refractivity contribution in [1.82, 2.24) is 4.98 Å². The van der Waals surface area contributed by atoms with Crippen LogP contribution in [0.25, 0.3) is 10.6 Å². The molecule has 2 atom stereocenters. The highest BCUT2D eigenvalue weighted by Crippen LogP contribution is 2.33. The number of benzene rings is 2. The van der Waals surface area contributed by atoms with Crippen molar-refractivity contribution < 1.29 is 24.2 Å². The van der Waals surface area contributed by atoms with Crippen LogP contribution >= 0.6 is 11.3 Å². The van der Waals surface area contributed by atoms with Gasteiger partial charge in [-0.2, -0.15) is 0 Å². The van der Waals surface area contributed by atoms with E-state index in [1.165, 1.54) is 11.3 Å². The zero-order valence-corrected chi connectivity index (χ0v) is 21.5. The predicted octanol–water partition coefficient (Wildman–Crippen LogP) is 5.21. The Morgan fingerprint density at radius 3 is 2.34 bits per heavy atom. The van der Waals surface area contributed by atoms with E-state index in [0.717, 1.165) is 15.4 Å². The smallest absolute Gasteiger partial charge is 0.333 e. The molecule has 0 saturated heterocycles. The number of Topliss-reactive ketones (excluding diaryl/α,β-unsaturated/α-hetero) is 1. The lowest BCUT2D eigenvalue weighted by atomic mass is 9.96. The minimum Gasteiger partial charge on any atom is -0.491 e. The summed E-state index contributed by atoms with van der Waals surface area (Å²) in [7, 11) is 0. The number of carbonyl (C=O) groups is 2. The van der Waals surface area contributed by atoms with E-state index >= 15 is 0 Å². The Bertz CT molecular complexity index is 1170. The highest BCUT2D eigenvalue weighted by Gasteiger charge is 2.28. The fourth-order valence-electron chi connectivity index (χ4n) is 3.68. The second kappa shape index (κ2) is 11.6. The van der Waals surface area contributed by atoms with Crippen molar-refractivity contribution in [3.63, 3.8) is 0 Å². The molecule has 3 rings (SSSR count). The highest BCUT2D eigenvalue weighted by atomic mass is 32.1. The SMILES string of the molecule is Cc1sc(-c2ccccc2)nc1C(=O)C(N)c1cc(CC(OC(C)C)C(=O)O)ccc1OC(C)C. The molecule has 1 heterocycles. The van der Waals surface area contributed by atoms with Crippen LogP contribution in [0.3, 0.4) is 0 Å². The van der Waals surface area contributed by atoms with Gasteiger partial charge in [-0.05, 0) is 52.3 Å². The summed E-state index contributed by atoms with van der Waals surface area (Å²) < 4.78 is 11.5. The number of rotatable bonds is 11. The highest BCUT2D eigenvalue weighted by molar-refractivity contribution is 7.15. The summed E-state index contributed by atoms with van der Waals surface area (Å²) in [6.07, 6.45) is -1.25. The summed E-state index contributed by atoms with van der Waals surface area (Å²) in [6.45, 7) is 9.20. The predicted molar refractivity (Wildman–Crippen MR) is 137 cm³/mol. The third-order valence-electron chi connectivity index (χ3n) is 5.24. The number of carboxylic acid groups (broad SMARTS) is 1. The summed E-state index contributed by atoms with van der Waals surface area (Å²) in [6, 6.07) is 13.9. The van der Waals surface area contributed by atoms with Crippen LogP contribution in [-0.4, -0.2) is 40.2 Å². The van der Waals surface area contributed by atoms with Gasteiger partial charge in [0.05, 0.1) is 18.2 Å². The number of ketones is 1. The molecule has 0 amide bonds. The van der Waals surface area contributed by atoms with E-state index in [0.29, 0.717) is 22.6 Å². The summed E-state index contributed by atoms with van der Waals surface area (Å²) in [5.41, 5.74) is 8.93. The van der Waals surface area contributed by atoms with Gasteiger partial charge in [0.25, 0.3) is 0 Å². The van der Waals surface area contributed by atoms with Gasteiger partial charge in [0.1, 0.15) is 16.5 Å². The van der Waals surface area contributed by atoms with Crippen molar-refractivity contribution in [2.45, 2.75) is 65.4 Å². The number of aliphatic carboxylic acids is 1. The summed E-state index contributed by atoms with van der Waals surface area (Å²) in [5.74, 6) is -0.882. The Morgan fingerprint density at radius 2 is 1.74 bits per heavy atom. The average Bonchev–Trinajstić information content (AvgIpc) is 3.20. The van der Waals surface area contributed by atoms with Crippen LogP contribution in [0.4, 0.5) is 0 Å². The molecule has 0 aliphatic heterocycles. The number of carboxylic acids is 1. The van der Waals surface area contributed by atoms with E-state index in [1.54, 1.807) is 32.0 Å². The first-order valence-electron chi connectivity index (χ1n) is 11.6. The topological polar surface area (TPSA) is 112 Å². The molecule has 0 saturated carbocycles. The van der Waals surface area contributed by atoms with Crippen LogP contribution in [0.1, 0.15) is 60.2 Å². The molecule has 0 aliphatic carbocycles. The minimum atomic E-state index is -1.05. The fourth-order valence-corrected chi connectivity index (χ4v) is 4.61. The van der Waals surface area contributed by atoms with Crippen molar-refractivity contribution in [2.75, 3.05) is 0 Å². The Balaban J connectivity index is 1.95. The van der Waals surface area contributed by atoms with Crippen LogP contribution in [0, 0.1) is 6.92 Å². The van der Waals surface area contributed by atoms with E-state index in [2.05, 4.69) is 4.98 Å². The molecule has 2 unspecified atom stereocenters. The number of aromatic nitrogens is 1. The first-order valence-corrected chi connectivity index (χ1v) is 12.4. The fraction of sp³-hybridized carbons (Fsp3) is 0.370. The lowest BCUT2D eigenvalue weighted by Gasteiger charge is -2.21. The molecule has 2 aromatic carbocycles. The largest absolute Gasteiger partial charge is 0.491 e. The van der Waals surface area contributed by atoms with Crippen molar-refractivity contribution in [2.24, 2.45) is 5.73 Å². The molecule has 8 heteroatoms. The third kappa shape index (κ3) is 6.75. The summed E-state index contributed by atoms with van der Waals surface area (Å²) >= 11 is 1.44. The van der Waals surface area contributed by atoms with Gasteiger partial charge in [-0.1, -0.05) is 36.4 Å². The summed E-state index contributed by atoms with van der Waals surface area (Å²) in [5, 5.41) is 10.3. The Labute approximate surface area is 209 Å². The molecule has 0 spiro atoms. The molecular formula is C27H32N2O5S. The number of nitrogens with zero attached hydrogens (tertiary/aromatic N) is 1. The standard InChI is InChI=1S/C27H32N2O5S/c1-15(2)33-21-12-11-18(14-22(27(31)32)34-16(3)4)13-20(21)23(28)25(30)24-17(5)35-26(29-24)19-9-7-6-8-10-19/h6-13,15-16,22-23H,14,28H2,1-5H3,(H,31,32). The van der Waals surface area contributed by atoms with Gasteiger partial charge in [0.2, 0.25) is 5.78 Å². The van der Waals surface area contributed by atoms with Crippen molar-refractivity contribution in [3.05, 3.63) is 70.2 Å². The van der Waals surface area contributed by atoms with Crippen molar-refractivity contribution in [1.29, 1.82) is 0 Å². The molecule has 3 aromatic rings. The first-order chi connectivity index (χ1) is 16.6. The molecule has 7 nitrogen and oxygen atoms in total. The minimum absolute atomic E-state index is 0.136. The Hall–Kier alpha value is -3.07. The van der Waals surface area contributed by atoms with E-state index in [-0.39, 0.29) is 24.4 Å². The Morgan fingerprint density at radius 1 is 1.06 bits per heavy atom. The van der Waals surface area contributed by atoms with Crippen LogP contribution in [0.2, 0.25) is 0 Å². The molecule has 3 N–H and O–H groups in total. The van der Waals surface area contributed by atoms with Gasteiger partial charge in [0.15, 0.2) is 6.10 Å². The van der Waals surface area contributed by atoms with Gasteiger partial charge < -0.3 is 20.3 Å². The lowest BCUT2D eigenvalue weighted by Crippen LogP contribution is -2.29. The number of hydrogen-bond donors (Lipinski definition) is 2. The number of thiazole rings is 1.